The van der Waals surface area contributed by atoms with E-state index in [-0.39, 0.29) is 11.4 Å². The van der Waals surface area contributed by atoms with Crippen molar-refractivity contribution in [2.45, 2.75) is 32.0 Å². The Hall–Kier alpha value is -0.470. The summed E-state index contributed by atoms with van der Waals surface area (Å²) in [6, 6.07) is 4.88. The Labute approximate surface area is 128 Å². The third kappa shape index (κ3) is 5.14. The van der Waals surface area contributed by atoms with Crippen molar-refractivity contribution in [2.24, 2.45) is 0 Å². The molecule has 1 rings (SSSR count). The summed E-state index contributed by atoms with van der Waals surface area (Å²) in [5.41, 5.74) is 0.860. The first-order valence-corrected chi connectivity index (χ1v) is 8.67. The molecule has 0 bridgehead atoms. The maximum Gasteiger partial charge on any atom is 0.240 e. The van der Waals surface area contributed by atoms with Crippen LogP contribution >= 0.6 is 15.9 Å². The molecule has 0 aliphatic carbocycles. The van der Waals surface area contributed by atoms with E-state index in [4.69, 9.17) is 9.47 Å². The highest BCUT2D eigenvalue weighted by molar-refractivity contribution is 9.10. The molecule has 5 nitrogen and oxygen atoms in total. The number of hydrogen-bond donors (Lipinski definition) is 1. The first-order valence-electron chi connectivity index (χ1n) is 6.39. The lowest BCUT2D eigenvalue weighted by molar-refractivity contribution is -0.130. The number of benzene rings is 1. The fraction of sp³-hybridized carbons (Fsp3) is 0.538. The van der Waals surface area contributed by atoms with Crippen molar-refractivity contribution in [3.8, 4) is 0 Å². The van der Waals surface area contributed by atoms with Crippen molar-refractivity contribution in [2.75, 3.05) is 19.8 Å². The van der Waals surface area contributed by atoms with Crippen LogP contribution in [0, 0.1) is 6.92 Å². The largest absolute Gasteiger partial charge is 0.352 e. The van der Waals surface area contributed by atoms with Gasteiger partial charge >= 0.3 is 0 Å². The van der Waals surface area contributed by atoms with E-state index in [2.05, 4.69) is 20.7 Å². The van der Waals surface area contributed by atoms with Crippen molar-refractivity contribution in [3.05, 3.63) is 28.2 Å². The van der Waals surface area contributed by atoms with Crippen LogP contribution in [0.15, 0.2) is 27.6 Å². The molecule has 0 aliphatic heterocycles. The van der Waals surface area contributed by atoms with E-state index < -0.39 is 16.3 Å². The molecule has 0 fully saturated rings. The van der Waals surface area contributed by atoms with Crippen LogP contribution in [-0.2, 0) is 19.5 Å². The Bertz CT molecular complexity index is 527. The molecule has 7 heteroatoms. The van der Waals surface area contributed by atoms with Gasteiger partial charge in [-0.05, 0) is 44.5 Å². The summed E-state index contributed by atoms with van der Waals surface area (Å²) in [5.74, 6) is 0. The van der Waals surface area contributed by atoms with E-state index in [0.717, 1.165) is 10.0 Å². The highest BCUT2D eigenvalue weighted by Crippen LogP contribution is 2.19. The number of sulfonamides is 1. The molecule has 1 N–H and O–H groups in total. The maximum atomic E-state index is 12.2. The Kier molecular flexibility index (Phi) is 7.11. The first-order chi connectivity index (χ1) is 9.40. The average molecular weight is 366 g/mol. The maximum absolute atomic E-state index is 12.2. The van der Waals surface area contributed by atoms with Gasteiger partial charge < -0.3 is 9.47 Å². The zero-order valence-corrected chi connectivity index (χ0v) is 14.3. The molecule has 0 spiro atoms. The standard InChI is InChI=1S/C13H20BrNO4S/c1-4-18-13(19-5-2)9-15-20(16,17)11-6-7-12(14)10(3)8-11/h6-8,13,15H,4-5,9H2,1-3H3. The molecule has 0 saturated carbocycles. The van der Waals surface area contributed by atoms with E-state index in [1.54, 1.807) is 18.2 Å². The fourth-order valence-corrected chi connectivity index (χ4v) is 2.93. The third-order valence-corrected chi connectivity index (χ3v) is 4.90. The number of nitrogens with one attached hydrogen (secondary N) is 1. The van der Waals surface area contributed by atoms with Crippen LogP contribution in [-0.4, -0.2) is 34.5 Å². The monoisotopic (exact) mass is 365 g/mol. The second kappa shape index (κ2) is 8.09. The van der Waals surface area contributed by atoms with E-state index in [1.165, 1.54) is 0 Å². The minimum atomic E-state index is -3.56. The zero-order valence-electron chi connectivity index (χ0n) is 11.8. The highest BCUT2D eigenvalue weighted by Gasteiger charge is 2.17. The minimum Gasteiger partial charge on any atom is -0.352 e. The lowest BCUT2D eigenvalue weighted by Crippen LogP contribution is -2.35. The van der Waals surface area contributed by atoms with Crippen LogP contribution in [0.1, 0.15) is 19.4 Å². The molecule has 0 heterocycles. The zero-order chi connectivity index (χ0) is 15.2. The van der Waals surface area contributed by atoms with E-state index in [1.807, 2.05) is 20.8 Å². The van der Waals surface area contributed by atoms with Gasteiger partial charge in [0.25, 0.3) is 0 Å². The molecule has 0 amide bonds. The molecule has 0 radical (unpaired) electrons. The Balaban J connectivity index is 2.75. The van der Waals surface area contributed by atoms with Gasteiger partial charge in [0.15, 0.2) is 6.29 Å². The summed E-state index contributed by atoms with van der Waals surface area (Å²) < 4.78 is 38.3. The molecular formula is C13H20BrNO4S. The van der Waals surface area contributed by atoms with Crippen LogP contribution in [0.2, 0.25) is 0 Å². The Morgan fingerprint density at radius 2 is 1.85 bits per heavy atom. The van der Waals surface area contributed by atoms with Gasteiger partial charge in [-0.15, -0.1) is 0 Å². The summed E-state index contributed by atoms with van der Waals surface area (Å²) in [6.45, 7) is 6.51. The minimum absolute atomic E-state index is 0.0825. The third-order valence-electron chi connectivity index (χ3n) is 2.58. The fourth-order valence-electron chi connectivity index (χ4n) is 1.58. The number of aryl methyl sites for hydroxylation is 1. The number of ether oxygens (including phenoxy) is 2. The predicted molar refractivity (Wildman–Crippen MR) is 81.1 cm³/mol. The Morgan fingerprint density at radius 3 is 2.35 bits per heavy atom. The quantitative estimate of drug-likeness (QED) is 0.718. The van der Waals surface area contributed by atoms with Crippen LogP contribution in [0.3, 0.4) is 0 Å². The van der Waals surface area contributed by atoms with Crippen molar-refractivity contribution in [1.29, 1.82) is 0 Å². The number of halogens is 1. The topological polar surface area (TPSA) is 64.6 Å². The predicted octanol–water partition coefficient (Wildman–Crippen LogP) is 2.43. The molecule has 20 heavy (non-hydrogen) atoms. The van der Waals surface area contributed by atoms with E-state index in [9.17, 15) is 8.42 Å². The summed E-state index contributed by atoms with van der Waals surface area (Å²) in [6.07, 6.45) is -0.573. The molecule has 0 atom stereocenters. The molecule has 1 aromatic carbocycles. The summed E-state index contributed by atoms with van der Waals surface area (Å²) in [4.78, 5) is 0.227. The molecule has 114 valence electrons. The van der Waals surface area contributed by atoms with Gasteiger partial charge in [-0.1, -0.05) is 15.9 Å². The number of rotatable bonds is 8. The van der Waals surface area contributed by atoms with Crippen LogP contribution in [0.25, 0.3) is 0 Å². The van der Waals surface area contributed by atoms with Gasteiger partial charge in [0.1, 0.15) is 0 Å². The molecule has 0 saturated heterocycles. The van der Waals surface area contributed by atoms with E-state index in [0.29, 0.717) is 13.2 Å². The second-order valence-electron chi connectivity index (χ2n) is 4.10. The smallest absolute Gasteiger partial charge is 0.240 e. The molecule has 0 unspecified atom stereocenters. The molecule has 1 aromatic rings. The van der Waals surface area contributed by atoms with Crippen molar-refractivity contribution in [1.82, 2.24) is 4.72 Å². The van der Waals surface area contributed by atoms with Gasteiger partial charge in [-0.3, -0.25) is 0 Å². The van der Waals surface area contributed by atoms with Crippen LogP contribution < -0.4 is 4.72 Å². The normalized spacial score (nSPS) is 12.1. The van der Waals surface area contributed by atoms with Gasteiger partial charge in [0.2, 0.25) is 10.0 Å². The van der Waals surface area contributed by atoms with Crippen molar-refractivity contribution < 1.29 is 17.9 Å². The van der Waals surface area contributed by atoms with Crippen LogP contribution in [0.5, 0.6) is 0 Å². The van der Waals surface area contributed by atoms with Gasteiger partial charge in [0, 0.05) is 17.7 Å². The van der Waals surface area contributed by atoms with Crippen molar-refractivity contribution >= 4 is 26.0 Å². The second-order valence-corrected chi connectivity index (χ2v) is 6.72. The lowest BCUT2D eigenvalue weighted by Gasteiger charge is -2.17. The summed E-state index contributed by atoms with van der Waals surface area (Å²) in [7, 11) is -3.56. The number of hydrogen-bond acceptors (Lipinski definition) is 4. The SMILES string of the molecule is CCOC(CNS(=O)(=O)c1ccc(Br)c(C)c1)OCC. The van der Waals surface area contributed by atoms with Gasteiger partial charge in [-0.2, -0.15) is 0 Å². The Morgan fingerprint density at radius 1 is 1.25 bits per heavy atom. The lowest BCUT2D eigenvalue weighted by atomic mass is 10.2. The van der Waals surface area contributed by atoms with E-state index >= 15 is 0 Å². The molecule has 0 aliphatic rings. The first kappa shape index (κ1) is 17.6. The molecular weight excluding hydrogens is 346 g/mol. The highest BCUT2D eigenvalue weighted by atomic mass is 79.9. The summed E-state index contributed by atoms with van der Waals surface area (Å²) >= 11 is 3.34. The summed E-state index contributed by atoms with van der Waals surface area (Å²) in [5, 5.41) is 0. The van der Waals surface area contributed by atoms with Gasteiger partial charge in [0.05, 0.1) is 11.4 Å². The van der Waals surface area contributed by atoms with Crippen molar-refractivity contribution in [3.63, 3.8) is 0 Å². The average Bonchev–Trinajstić information content (AvgIpc) is 2.39. The van der Waals surface area contributed by atoms with Crippen LogP contribution in [0.4, 0.5) is 0 Å². The van der Waals surface area contributed by atoms with Gasteiger partial charge in [-0.25, -0.2) is 13.1 Å². The molecule has 0 aromatic heterocycles.